The number of methoxy groups -OCH3 is 1. The molecule has 1 aromatic heterocycles. The number of nitrogens with two attached hydrogens (primary N) is 1. The second-order valence-corrected chi connectivity index (χ2v) is 6.16. The van der Waals surface area contributed by atoms with E-state index in [4.69, 9.17) is 10.5 Å². The lowest BCUT2D eigenvalue weighted by atomic mass is 10.2. The number of ether oxygens (including phenoxy) is 1. The van der Waals surface area contributed by atoms with Crippen LogP contribution in [0.4, 0.5) is 0 Å². The summed E-state index contributed by atoms with van der Waals surface area (Å²) in [4.78, 5) is 16.5. The number of benzene rings is 1. The van der Waals surface area contributed by atoms with E-state index < -0.39 is 0 Å². The smallest absolute Gasteiger partial charge is 0.222 e. The first-order valence-corrected chi connectivity index (χ1v) is 7.80. The molecule has 0 aliphatic carbocycles. The normalized spacial score (nSPS) is 14.0. The van der Waals surface area contributed by atoms with Crippen LogP contribution >= 0.6 is 11.3 Å². The Morgan fingerprint density at radius 2 is 2.24 bits per heavy atom. The molecule has 3 N–H and O–H groups in total. The molecule has 0 saturated carbocycles. The molecule has 0 fully saturated rings. The Morgan fingerprint density at radius 3 is 2.90 bits per heavy atom. The molecule has 0 aliphatic heterocycles. The van der Waals surface area contributed by atoms with Gasteiger partial charge in [-0.2, -0.15) is 0 Å². The van der Waals surface area contributed by atoms with Crippen LogP contribution in [0.1, 0.15) is 18.4 Å². The fourth-order valence-electron chi connectivity index (χ4n) is 2.12. The van der Waals surface area contributed by atoms with Crippen LogP contribution in [-0.2, 0) is 16.0 Å². The van der Waals surface area contributed by atoms with Gasteiger partial charge < -0.3 is 15.8 Å². The van der Waals surface area contributed by atoms with Crippen LogP contribution in [-0.4, -0.2) is 36.7 Å². The first-order chi connectivity index (χ1) is 10.1. The number of hydrogen-bond acceptors (Lipinski definition) is 5. The van der Waals surface area contributed by atoms with Crippen molar-refractivity contribution in [2.45, 2.75) is 31.9 Å². The van der Waals surface area contributed by atoms with Crippen LogP contribution in [0.15, 0.2) is 24.3 Å². The molecule has 114 valence electrons. The van der Waals surface area contributed by atoms with Gasteiger partial charge in [-0.05, 0) is 19.1 Å². The van der Waals surface area contributed by atoms with E-state index in [0.29, 0.717) is 6.54 Å². The van der Waals surface area contributed by atoms with Crippen LogP contribution in [0.3, 0.4) is 0 Å². The molecular weight excluding hydrogens is 286 g/mol. The van der Waals surface area contributed by atoms with Crippen molar-refractivity contribution in [3.63, 3.8) is 0 Å². The summed E-state index contributed by atoms with van der Waals surface area (Å²) in [5.41, 5.74) is 6.53. The molecule has 0 spiro atoms. The number of aromatic nitrogens is 1. The number of para-hydroxylation sites is 1. The van der Waals surface area contributed by atoms with Crippen LogP contribution < -0.4 is 11.1 Å². The van der Waals surface area contributed by atoms with Gasteiger partial charge in [-0.1, -0.05) is 12.1 Å². The number of rotatable bonds is 7. The summed E-state index contributed by atoms with van der Waals surface area (Å²) in [5.74, 6) is -0.0408. The highest BCUT2D eigenvalue weighted by atomic mass is 32.1. The second kappa shape index (κ2) is 7.49. The SMILES string of the molecule is COC(CN)CC(=O)NC(C)Cc1nc2ccccc2s1. The van der Waals surface area contributed by atoms with Crippen molar-refractivity contribution in [1.29, 1.82) is 0 Å². The monoisotopic (exact) mass is 307 g/mol. The molecule has 6 heteroatoms. The number of nitrogens with zero attached hydrogens (tertiary/aromatic N) is 1. The maximum atomic E-state index is 11.9. The lowest BCUT2D eigenvalue weighted by molar-refractivity contribution is -0.123. The van der Waals surface area contributed by atoms with Gasteiger partial charge in [-0.3, -0.25) is 4.79 Å². The van der Waals surface area contributed by atoms with E-state index in [1.54, 1.807) is 18.4 Å². The number of nitrogens with one attached hydrogen (secondary N) is 1. The fourth-order valence-corrected chi connectivity index (χ4v) is 3.22. The molecule has 1 heterocycles. The van der Waals surface area contributed by atoms with Gasteiger partial charge >= 0.3 is 0 Å². The summed E-state index contributed by atoms with van der Waals surface area (Å²) in [6.45, 7) is 2.32. The van der Waals surface area contributed by atoms with Crippen molar-refractivity contribution in [2.24, 2.45) is 5.73 Å². The summed E-state index contributed by atoms with van der Waals surface area (Å²) in [6, 6.07) is 8.09. The number of hydrogen-bond donors (Lipinski definition) is 2. The topological polar surface area (TPSA) is 77.2 Å². The van der Waals surface area contributed by atoms with Crippen molar-refractivity contribution in [2.75, 3.05) is 13.7 Å². The Bertz CT molecular complexity index is 562. The Morgan fingerprint density at radius 1 is 1.48 bits per heavy atom. The summed E-state index contributed by atoms with van der Waals surface area (Å²) in [5, 5.41) is 4.00. The Hall–Kier alpha value is -1.50. The molecule has 0 aliphatic rings. The van der Waals surface area contributed by atoms with E-state index in [-0.39, 0.29) is 24.5 Å². The van der Waals surface area contributed by atoms with Gasteiger partial charge in [-0.25, -0.2) is 4.98 Å². The molecule has 2 atom stereocenters. The van der Waals surface area contributed by atoms with E-state index in [1.807, 2.05) is 25.1 Å². The van der Waals surface area contributed by atoms with Gasteiger partial charge in [0.05, 0.1) is 27.7 Å². The van der Waals surface area contributed by atoms with Gasteiger partial charge in [0.1, 0.15) is 0 Å². The highest BCUT2D eigenvalue weighted by Gasteiger charge is 2.15. The van der Waals surface area contributed by atoms with Crippen LogP contribution in [0.5, 0.6) is 0 Å². The van der Waals surface area contributed by atoms with E-state index in [9.17, 15) is 4.79 Å². The average molecular weight is 307 g/mol. The third-order valence-corrected chi connectivity index (χ3v) is 4.29. The predicted molar refractivity (Wildman–Crippen MR) is 85.4 cm³/mol. The molecule has 21 heavy (non-hydrogen) atoms. The zero-order chi connectivity index (χ0) is 15.2. The minimum atomic E-state index is -0.223. The first-order valence-electron chi connectivity index (χ1n) is 6.99. The molecule has 0 radical (unpaired) electrons. The molecule has 2 aromatic rings. The number of fused-ring (bicyclic) bond motifs is 1. The van der Waals surface area contributed by atoms with E-state index in [2.05, 4.69) is 16.4 Å². The van der Waals surface area contributed by atoms with Gasteiger partial charge in [0.25, 0.3) is 0 Å². The van der Waals surface area contributed by atoms with Crippen molar-refractivity contribution in [3.05, 3.63) is 29.3 Å². The fraction of sp³-hybridized carbons (Fsp3) is 0.467. The summed E-state index contributed by atoms with van der Waals surface area (Å²) >= 11 is 1.67. The largest absolute Gasteiger partial charge is 0.380 e. The summed E-state index contributed by atoms with van der Waals surface area (Å²) in [6.07, 6.45) is 0.794. The summed E-state index contributed by atoms with van der Waals surface area (Å²) < 4.78 is 6.29. The third kappa shape index (κ3) is 4.49. The Kier molecular flexibility index (Phi) is 5.67. The van der Waals surface area contributed by atoms with Gasteiger partial charge in [0, 0.05) is 26.1 Å². The quantitative estimate of drug-likeness (QED) is 0.816. The Labute approximate surface area is 128 Å². The zero-order valence-corrected chi connectivity index (χ0v) is 13.2. The van der Waals surface area contributed by atoms with Crippen LogP contribution in [0, 0.1) is 0 Å². The molecule has 5 nitrogen and oxygen atoms in total. The highest BCUT2D eigenvalue weighted by molar-refractivity contribution is 7.18. The van der Waals surface area contributed by atoms with Crippen molar-refractivity contribution < 1.29 is 9.53 Å². The minimum absolute atomic E-state index is 0.0355. The van der Waals surface area contributed by atoms with Crippen LogP contribution in [0.25, 0.3) is 10.2 Å². The molecule has 1 amide bonds. The Balaban J connectivity index is 1.89. The zero-order valence-electron chi connectivity index (χ0n) is 12.3. The second-order valence-electron chi connectivity index (χ2n) is 5.05. The minimum Gasteiger partial charge on any atom is -0.380 e. The summed E-state index contributed by atoms with van der Waals surface area (Å²) in [7, 11) is 1.56. The lowest BCUT2D eigenvalue weighted by Crippen LogP contribution is -2.37. The van der Waals surface area contributed by atoms with Gasteiger partial charge in [-0.15, -0.1) is 11.3 Å². The molecule has 1 aromatic carbocycles. The maximum Gasteiger partial charge on any atom is 0.222 e. The highest BCUT2D eigenvalue weighted by Crippen LogP contribution is 2.22. The number of amides is 1. The van der Waals surface area contributed by atoms with Crippen molar-refractivity contribution >= 4 is 27.5 Å². The maximum absolute atomic E-state index is 11.9. The predicted octanol–water partition coefficient (Wildman–Crippen LogP) is 1.71. The van der Waals surface area contributed by atoms with Gasteiger partial charge in [0.2, 0.25) is 5.91 Å². The standard InChI is InChI=1S/C15H21N3O2S/c1-10(17-14(19)8-11(9-16)20-2)7-15-18-12-5-3-4-6-13(12)21-15/h3-6,10-11H,7-9,16H2,1-2H3,(H,17,19). The molecule has 0 saturated heterocycles. The average Bonchev–Trinajstić information content (AvgIpc) is 2.86. The molecule has 0 bridgehead atoms. The molecule has 2 rings (SSSR count). The van der Waals surface area contributed by atoms with Crippen LogP contribution in [0.2, 0.25) is 0 Å². The van der Waals surface area contributed by atoms with E-state index in [1.165, 1.54) is 4.70 Å². The van der Waals surface area contributed by atoms with E-state index >= 15 is 0 Å². The number of carbonyl (C=O) groups is 1. The third-order valence-electron chi connectivity index (χ3n) is 3.24. The van der Waals surface area contributed by atoms with Crippen molar-refractivity contribution in [3.8, 4) is 0 Å². The van der Waals surface area contributed by atoms with E-state index in [0.717, 1.165) is 16.9 Å². The van der Waals surface area contributed by atoms with Gasteiger partial charge in [0.15, 0.2) is 0 Å². The number of thiazole rings is 1. The molecular formula is C15H21N3O2S. The first kappa shape index (κ1) is 15.9. The van der Waals surface area contributed by atoms with Crippen molar-refractivity contribution in [1.82, 2.24) is 10.3 Å². The molecule has 2 unspecified atom stereocenters. The number of carbonyl (C=O) groups excluding carboxylic acids is 1. The lowest BCUT2D eigenvalue weighted by Gasteiger charge is -2.16.